The number of allylic oxidation sites excluding steroid dienone is 1. The molecule has 4 heteroatoms. The van der Waals surface area contributed by atoms with Crippen molar-refractivity contribution in [3.05, 3.63) is 11.6 Å². The summed E-state index contributed by atoms with van der Waals surface area (Å²) in [5.41, 5.74) is 1.44. The normalized spacial score (nSPS) is 21.3. The van der Waals surface area contributed by atoms with Crippen molar-refractivity contribution in [3.8, 4) is 0 Å². The van der Waals surface area contributed by atoms with Gasteiger partial charge in [-0.1, -0.05) is 57.1 Å². The molecule has 0 aromatic heterocycles. The Morgan fingerprint density at radius 2 is 1.81 bits per heavy atom. The van der Waals surface area contributed by atoms with E-state index in [9.17, 15) is 14.7 Å². The van der Waals surface area contributed by atoms with Gasteiger partial charge in [0.2, 0.25) is 5.78 Å². The third-order valence-electron chi connectivity index (χ3n) is 5.31. The maximum absolute atomic E-state index is 11.5. The van der Waals surface area contributed by atoms with Crippen LogP contribution in [0.2, 0.25) is 0 Å². The van der Waals surface area contributed by atoms with Gasteiger partial charge >= 0.3 is 5.97 Å². The van der Waals surface area contributed by atoms with E-state index in [2.05, 4.69) is 13.0 Å². The van der Waals surface area contributed by atoms with Crippen molar-refractivity contribution in [1.82, 2.24) is 0 Å². The number of unbranched alkanes of at least 4 members (excludes halogenated alkanes) is 7. The van der Waals surface area contributed by atoms with E-state index in [0.717, 1.165) is 44.9 Å². The van der Waals surface area contributed by atoms with E-state index in [1.54, 1.807) is 6.92 Å². The lowest BCUT2D eigenvalue weighted by Gasteiger charge is -2.16. The van der Waals surface area contributed by atoms with Crippen molar-refractivity contribution >= 4 is 11.8 Å². The van der Waals surface area contributed by atoms with Crippen molar-refractivity contribution in [1.29, 1.82) is 0 Å². The number of carbonyl (C=O) groups excluding carboxylic acids is 2. The number of ketones is 1. The molecular weight excluding hydrogens is 328 g/mol. The van der Waals surface area contributed by atoms with Crippen LogP contribution in [0.1, 0.15) is 97.3 Å². The van der Waals surface area contributed by atoms with Crippen LogP contribution in [0.25, 0.3) is 0 Å². The van der Waals surface area contributed by atoms with E-state index >= 15 is 0 Å². The molecule has 1 aliphatic rings. The van der Waals surface area contributed by atoms with Gasteiger partial charge in [-0.15, -0.1) is 0 Å². The van der Waals surface area contributed by atoms with Crippen molar-refractivity contribution in [3.63, 3.8) is 0 Å². The summed E-state index contributed by atoms with van der Waals surface area (Å²) in [6, 6.07) is 0. The molecule has 0 bridgehead atoms. The predicted molar refractivity (Wildman–Crippen MR) is 105 cm³/mol. The van der Waals surface area contributed by atoms with Gasteiger partial charge in [0.25, 0.3) is 0 Å². The second-order valence-corrected chi connectivity index (χ2v) is 7.44. The third kappa shape index (κ3) is 8.98. The molecule has 0 radical (unpaired) electrons. The molecule has 0 spiro atoms. The Balaban J connectivity index is 2.22. The number of ether oxygens (including phenoxy) is 1. The summed E-state index contributed by atoms with van der Waals surface area (Å²) in [6.45, 7) is 4.19. The zero-order valence-electron chi connectivity index (χ0n) is 16.8. The number of hydrogen-bond donors (Lipinski definition) is 1. The van der Waals surface area contributed by atoms with Crippen LogP contribution in [0.3, 0.4) is 0 Å². The lowest BCUT2D eigenvalue weighted by molar-refractivity contribution is -0.153. The highest BCUT2D eigenvalue weighted by Crippen LogP contribution is 2.35. The molecule has 0 saturated heterocycles. The largest absolute Gasteiger partial charge is 0.460 e. The number of hydrogen-bond acceptors (Lipinski definition) is 4. The Morgan fingerprint density at radius 3 is 2.54 bits per heavy atom. The van der Waals surface area contributed by atoms with Gasteiger partial charge in [-0.25, -0.2) is 4.79 Å². The summed E-state index contributed by atoms with van der Waals surface area (Å²) < 4.78 is 4.71. The van der Waals surface area contributed by atoms with Gasteiger partial charge in [-0.3, -0.25) is 4.79 Å². The average molecular weight is 367 g/mol. The van der Waals surface area contributed by atoms with E-state index in [1.807, 2.05) is 0 Å². The quantitative estimate of drug-likeness (QED) is 0.200. The molecule has 4 nitrogen and oxygen atoms in total. The van der Waals surface area contributed by atoms with Crippen LogP contribution in [0.15, 0.2) is 11.6 Å². The molecule has 0 heterocycles. The highest BCUT2D eigenvalue weighted by molar-refractivity contribution is 6.33. The fourth-order valence-corrected chi connectivity index (χ4v) is 3.76. The van der Waals surface area contributed by atoms with Gasteiger partial charge in [-0.05, 0) is 45.4 Å². The summed E-state index contributed by atoms with van der Waals surface area (Å²) in [5.74, 6) is -0.828. The molecule has 0 aliphatic heterocycles. The van der Waals surface area contributed by atoms with Crippen LogP contribution in [0.5, 0.6) is 0 Å². The van der Waals surface area contributed by atoms with Crippen LogP contribution in [0, 0.1) is 5.92 Å². The van der Waals surface area contributed by atoms with Crippen LogP contribution < -0.4 is 0 Å². The summed E-state index contributed by atoms with van der Waals surface area (Å²) in [5, 5.41) is 10.3. The molecule has 0 unspecified atom stereocenters. The second-order valence-electron chi connectivity index (χ2n) is 7.44. The maximum atomic E-state index is 11.5. The average Bonchev–Trinajstić information content (AvgIpc) is 2.97. The van der Waals surface area contributed by atoms with Crippen LogP contribution in [-0.4, -0.2) is 29.6 Å². The van der Waals surface area contributed by atoms with Crippen LogP contribution >= 0.6 is 0 Å². The molecule has 1 aliphatic carbocycles. The number of esters is 1. The molecule has 0 aromatic carbocycles. The van der Waals surface area contributed by atoms with Crippen molar-refractivity contribution in [2.45, 2.75) is 103 Å². The summed E-state index contributed by atoms with van der Waals surface area (Å²) >= 11 is 0. The maximum Gasteiger partial charge on any atom is 0.374 e. The molecule has 1 N–H and O–H groups in total. The molecule has 2 atom stereocenters. The monoisotopic (exact) mass is 366 g/mol. The summed E-state index contributed by atoms with van der Waals surface area (Å²) in [4.78, 5) is 22.8. The number of carbonyl (C=O) groups is 2. The van der Waals surface area contributed by atoms with Gasteiger partial charge in [0.15, 0.2) is 0 Å². The lowest BCUT2D eigenvalue weighted by Crippen LogP contribution is -2.17. The summed E-state index contributed by atoms with van der Waals surface area (Å²) in [6.07, 6.45) is 15.6. The Labute approximate surface area is 159 Å². The van der Waals surface area contributed by atoms with E-state index in [-0.39, 0.29) is 19.1 Å². The fraction of sp³-hybridized carbons (Fsp3) is 0.818. The Kier molecular flexibility index (Phi) is 12.3. The number of Topliss-reactive ketones (excluding diaryl/α,β-unsaturated/α-hetero) is 1. The van der Waals surface area contributed by atoms with Crippen molar-refractivity contribution < 1.29 is 19.4 Å². The zero-order chi connectivity index (χ0) is 19.2. The van der Waals surface area contributed by atoms with E-state index in [4.69, 9.17) is 4.74 Å². The first-order chi connectivity index (χ1) is 12.6. The first kappa shape index (κ1) is 22.9. The minimum atomic E-state index is -0.706. The highest BCUT2D eigenvalue weighted by Gasteiger charge is 2.28. The van der Waals surface area contributed by atoms with Gasteiger partial charge in [0.1, 0.15) is 0 Å². The Bertz CT molecular complexity index is 441. The Hall–Kier alpha value is -1.16. The first-order valence-electron chi connectivity index (χ1n) is 10.7. The van der Waals surface area contributed by atoms with Crippen molar-refractivity contribution in [2.24, 2.45) is 5.92 Å². The first-order valence-corrected chi connectivity index (χ1v) is 10.7. The molecule has 0 amide bonds. The lowest BCUT2D eigenvalue weighted by atomic mass is 9.92. The molecule has 26 heavy (non-hydrogen) atoms. The molecule has 0 aromatic rings. The SMILES string of the molecule is CCCCCCCC=C1CC[C@@H](O)[C@@H]1CCCCCC(=O)C(=O)OCC. The second kappa shape index (κ2) is 14.0. The van der Waals surface area contributed by atoms with Gasteiger partial charge in [0, 0.05) is 12.3 Å². The zero-order valence-corrected chi connectivity index (χ0v) is 16.8. The van der Waals surface area contributed by atoms with E-state index < -0.39 is 11.8 Å². The van der Waals surface area contributed by atoms with Gasteiger partial charge in [-0.2, -0.15) is 0 Å². The smallest absolute Gasteiger partial charge is 0.374 e. The molecule has 150 valence electrons. The van der Waals surface area contributed by atoms with E-state index in [0.29, 0.717) is 5.92 Å². The van der Waals surface area contributed by atoms with Crippen LogP contribution in [0.4, 0.5) is 0 Å². The van der Waals surface area contributed by atoms with E-state index in [1.165, 1.54) is 37.7 Å². The van der Waals surface area contributed by atoms with Gasteiger partial charge < -0.3 is 9.84 Å². The standard InChI is InChI=1S/C22H38O4/c1-3-5-6-7-8-10-13-18-16-17-20(23)19(18)14-11-9-12-15-21(24)22(25)26-4-2/h13,19-20,23H,3-12,14-17H2,1-2H3/t19-,20-/m1/s1. The van der Waals surface area contributed by atoms with Gasteiger partial charge in [0.05, 0.1) is 12.7 Å². The molecule has 1 rings (SSSR count). The minimum Gasteiger partial charge on any atom is -0.460 e. The summed E-state index contributed by atoms with van der Waals surface area (Å²) in [7, 11) is 0. The molecular formula is C22H38O4. The third-order valence-corrected chi connectivity index (χ3v) is 5.31. The highest BCUT2D eigenvalue weighted by atomic mass is 16.5. The molecule has 1 saturated carbocycles. The minimum absolute atomic E-state index is 0.206. The number of rotatable bonds is 14. The predicted octanol–water partition coefficient (Wildman–Crippen LogP) is 5.13. The van der Waals surface area contributed by atoms with Crippen LogP contribution in [-0.2, 0) is 14.3 Å². The fourth-order valence-electron chi connectivity index (χ4n) is 3.76. The number of aliphatic hydroxyl groups excluding tert-OH is 1. The Morgan fingerprint density at radius 1 is 1.08 bits per heavy atom. The topological polar surface area (TPSA) is 63.6 Å². The number of aliphatic hydroxyl groups is 1. The van der Waals surface area contributed by atoms with Crippen molar-refractivity contribution in [2.75, 3.05) is 6.61 Å². The molecule has 1 fully saturated rings.